The second kappa shape index (κ2) is 4.33. The summed E-state index contributed by atoms with van der Waals surface area (Å²) < 4.78 is 4.77. The fourth-order valence-corrected chi connectivity index (χ4v) is 1.52. The van der Waals surface area contributed by atoms with Gasteiger partial charge in [-0.3, -0.25) is 9.59 Å². The van der Waals surface area contributed by atoms with Gasteiger partial charge in [-0.15, -0.1) is 0 Å². The molecule has 0 fully saturated rings. The van der Waals surface area contributed by atoms with Crippen LogP contribution in [0.15, 0.2) is 33.9 Å². The van der Waals surface area contributed by atoms with Crippen molar-refractivity contribution in [3.63, 3.8) is 0 Å². The normalized spacial score (nSPS) is 10.3. The van der Waals surface area contributed by atoms with Crippen molar-refractivity contribution >= 4 is 17.3 Å². The van der Waals surface area contributed by atoms with Gasteiger partial charge in [-0.1, -0.05) is 0 Å². The molecule has 6 heteroatoms. The minimum Gasteiger partial charge on any atom is -0.491 e. The summed E-state index contributed by atoms with van der Waals surface area (Å²) in [5.74, 6) is -1.05. The number of hydrogen-bond acceptors (Lipinski definition) is 5. The summed E-state index contributed by atoms with van der Waals surface area (Å²) >= 11 is 0. The molecule has 0 aliphatic carbocycles. The largest absolute Gasteiger partial charge is 0.491 e. The summed E-state index contributed by atoms with van der Waals surface area (Å²) in [4.78, 5) is 33.0. The third kappa shape index (κ3) is 1.84. The lowest BCUT2D eigenvalue weighted by Gasteiger charge is -2.11. The van der Waals surface area contributed by atoms with Crippen LogP contribution in [0, 0.1) is 0 Å². The van der Waals surface area contributed by atoms with Gasteiger partial charge in [0.15, 0.2) is 5.75 Å². The fraction of sp³-hybridized carbons (Fsp3) is 0.0833. The smallest absolute Gasteiger partial charge is 0.335 e. The minimum atomic E-state index is -1.03. The number of anilines is 2. The van der Waals surface area contributed by atoms with E-state index >= 15 is 0 Å². The number of nitrogens with one attached hydrogen (secondary N) is 1. The SMILES string of the molecule is COc1c(Nc2ccc(C(=O)O)cc2)c(=O)c1=O. The van der Waals surface area contributed by atoms with Gasteiger partial charge in [0.1, 0.15) is 5.69 Å². The molecule has 0 radical (unpaired) electrons. The van der Waals surface area contributed by atoms with Crippen LogP contribution in [0.3, 0.4) is 0 Å². The molecule has 0 aromatic heterocycles. The van der Waals surface area contributed by atoms with Crippen LogP contribution < -0.4 is 20.9 Å². The van der Waals surface area contributed by atoms with Gasteiger partial charge in [0.05, 0.1) is 12.7 Å². The maximum absolute atomic E-state index is 11.3. The zero-order valence-corrected chi connectivity index (χ0v) is 9.39. The molecule has 0 spiro atoms. The lowest BCUT2D eigenvalue weighted by molar-refractivity contribution is 0.0697. The molecular formula is C12H9NO5. The third-order valence-corrected chi connectivity index (χ3v) is 2.47. The monoisotopic (exact) mass is 247 g/mol. The quantitative estimate of drug-likeness (QED) is 0.774. The molecule has 0 aliphatic heterocycles. The van der Waals surface area contributed by atoms with Gasteiger partial charge < -0.3 is 15.2 Å². The molecule has 6 nitrogen and oxygen atoms in total. The maximum atomic E-state index is 11.3. The van der Waals surface area contributed by atoms with Crippen LogP contribution in [0.4, 0.5) is 11.4 Å². The Labute approximate surface area is 101 Å². The van der Waals surface area contributed by atoms with Crippen LogP contribution in [0.2, 0.25) is 0 Å². The van der Waals surface area contributed by atoms with Gasteiger partial charge in [-0.25, -0.2) is 4.79 Å². The molecular weight excluding hydrogens is 238 g/mol. The number of ether oxygens (including phenoxy) is 1. The van der Waals surface area contributed by atoms with Crippen molar-refractivity contribution in [3.8, 4) is 5.75 Å². The summed E-state index contributed by atoms with van der Waals surface area (Å²) in [6.45, 7) is 0. The van der Waals surface area contributed by atoms with Crippen molar-refractivity contribution < 1.29 is 14.6 Å². The number of benzene rings is 1. The van der Waals surface area contributed by atoms with Gasteiger partial charge in [0, 0.05) is 5.69 Å². The highest BCUT2D eigenvalue weighted by molar-refractivity contribution is 5.88. The first kappa shape index (κ1) is 11.8. The Hall–Kier alpha value is -2.63. The van der Waals surface area contributed by atoms with Crippen LogP contribution in [0.5, 0.6) is 5.75 Å². The second-order valence-corrected chi connectivity index (χ2v) is 3.57. The standard InChI is InChI=1S/C12H9NO5/c1-18-11-8(9(14)10(11)15)13-7-4-2-6(3-5-7)12(16)17/h2-5,13H,1H3,(H,16,17). The predicted octanol–water partition coefficient (Wildman–Crippen LogP) is 0.733. The van der Waals surface area contributed by atoms with E-state index in [1.54, 1.807) is 0 Å². The summed E-state index contributed by atoms with van der Waals surface area (Å²) in [6, 6.07) is 5.78. The Morgan fingerprint density at radius 3 is 2.28 bits per heavy atom. The Balaban J connectivity index is 2.24. The summed E-state index contributed by atoms with van der Waals surface area (Å²) in [7, 11) is 1.30. The van der Waals surface area contributed by atoms with Gasteiger partial charge in [-0.05, 0) is 24.3 Å². The van der Waals surface area contributed by atoms with Crippen molar-refractivity contribution in [1.29, 1.82) is 0 Å². The van der Waals surface area contributed by atoms with E-state index in [-0.39, 0.29) is 17.0 Å². The Morgan fingerprint density at radius 1 is 1.17 bits per heavy atom. The molecule has 0 heterocycles. The van der Waals surface area contributed by atoms with E-state index in [0.717, 1.165) is 0 Å². The first-order chi connectivity index (χ1) is 8.54. The summed E-state index contributed by atoms with van der Waals surface area (Å²) in [6.07, 6.45) is 0. The van der Waals surface area contributed by atoms with Gasteiger partial charge in [0.2, 0.25) is 0 Å². The number of hydrogen-bond donors (Lipinski definition) is 2. The van der Waals surface area contributed by atoms with Crippen molar-refractivity contribution in [2.24, 2.45) is 0 Å². The average molecular weight is 247 g/mol. The number of rotatable bonds is 4. The van der Waals surface area contributed by atoms with E-state index in [0.29, 0.717) is 5.69 Å². The van der Waals surface area contributed by atoms with Gasteiger partial charge in [-0.2, -0.15) is 0 Å². The number of aromatic carboxylic acids is 1. The maximum Gasteiger partial charge on any atom is 0.335 e. The lowest BCUT2D eigenvalue weighted by Crippen LogP contribution is -2.34. The van der Waals surface area contributed by atoms with Crippen molar-refractivity contribution in [2.45, 2.75) is 0 Å². The number of carboxylic acid groups (broad SMARTS) is 1. The number of methoxy groups -OCH3 is 1. The molecule has 2 aromatic rings. The molecule has 2 aromatic carbocycles. The van der Waals surface area contributed by atoms with Gasteiger partial charge >= 0.3 is 5.97 Å². The average Bonchev–Trinajstić information content (AvgIpc) is 2.38. The molecule has 0 saturated carbocycles. The van der Waals surface area contributed by atoms with Crippen LogP contribution in [0.1, 0.15) is 10.4 Å². The molecule has 0 amide bonds. The second-order valence-electron chi connectivity index (χ2n) is 3.57. The molecule has 2 rings (SSSR count). The topological polar surface area (TPSA) is 92.7 Å². The Bertz CT molecular complexity index is 665. The highest BCUT2D eigenvalue weighted by atomic mass is 16.5. The summed E-state index contributed by atoms with van der Waals surface area (Å²) in [5, 5.41) is 11.4. The molecule has 92 valence electrons. The van der Waals surface area contributed by atoms with Crippen LogP contribution >= 0.6 is 0 Å². The third-order valence-electron chi connectivity index (χ3n) is 2.47. The predicted molar refractivity (Wildman–Crippen MR) is 64.6 cm³/mol. The Morgan fingerprint density at radius 2 is 1.78 bits per heavy atom. The lowest BCUT2D eigenvalue weighted by atomic mass is 10.2. The molecule has 2 N–H and O–H groups in total. The van der Waals surface area contributed by atoms with E-state index in [1.165, 1.54) is 31.4 Å². The first-order valence-corrected chi connectivity index (χ1v) is 5.02. The minimum absolute atomic E-state index is 0.0117. The summed E-state index contributed by atoms with van der Waals surface area (Å²) in [5.41, 5.74) is -0.579. The number of carbonyl (C=O) groups is 1. The van der Waals surface area contributed by atoms with Crippen molar-refractivity contribution in [3.05, 3.63) is 50.3 Å². The van der Waals surface area contributed by atoms with E-state index in [1.807, 2.05) is 0 Å². The fourth-order valence-electron chi connectivity index (χ4n) is 1.52. The zero-order valence-electron chi connectivity index (χ0n) is 9.39. The molecule has 0 unspecified atom stereocenters. The van der Waals surface area contributed by atoms with E-state index < -0.39 is 16.8 Å². The van der Waals surface area contributed by atoms with Crippen LogP contribution in [0.25, 0.3) is 0 Å². The van der Waals surface area contributed by atoms with Crippen LogP contribution in [-0.2, 0) is 0 Å². The first-order valence-electron chi connectivity index (χ1n) is 5.02. The highest BCUT2D eigenvalue weighted by Gasteiger charge is 2.21. The molecule has 0 bridgehead atoms. The van der Waals surface area contributed by atoms with E-state index in [4.69, 9.17) is 9.84 Å². The van der Waals surface area contributed by atoms with Crippen molar-refractivity contribution in [2.75, 3.05) is 12.4 Å². The molecule has 0 saturated heterocycles. The molecule has 18 heavy (non-hydrogen) atoms. The molecule has 0 atom stereocenters. The van der Waals surface area contributed by atoms with E-state index in [2.05, 4.69) is 5.32 Å². The van der Waals surface area contributed by atoms with Gasteiger partial charge in [0.25, 0.3) is 10.9 Å². The van der Waals surface area contributed by atoms with E-state index in [9.17, 15) is 14.4 Å². The zero-order chi connectivity index (χ0) is 13.3. The van der Waals surface area contributed by atoms with Crippen molar-refractivity contribution in [1.82, 2.24) is 0 Å². The van der Waals surface area contributed by atoms with Crippen LogP contribution in [-0.4, -0.2) is 18.2 Å². The highest BCUT2D eigenvalue weighted by Crippen LogP contribution is 2.22. The number of carboxylic acids is 1. The Kier molecular flexibility index (Phi) is 2.85. The molecule has 0 aliphatic rings.